The van der Waals surface area contributed by atoms with E-state index in [0.717, 1.165) is 0 Å². The molecule has 0 spiro atoms. The van der Waals surface area contributed by atoms with Crippen LogP contribution in [-0.4, -0.2) is 12.3 Å². The second-order valence-corrected chi connectivity index (χ2v) is 2.95. The van der Waals surface area contributed by atoms with Crippen molar-refractivity contribution in [1.82, 2.24) is 0 Å². The Balaban J connectivity index is 0.000000360. The van der Waals surface area contributed by atoms with Crippen molar-refractivity contribution in [3.8, 4) is 0 Å². The summed E-state index contributed by atoms with van der Waals surface area (Å²) in [5, 5.41) is 3.16. The number of carbonyl (C=O) groups is 1. The minimum absolute atomic E-state index is 0. The molecule has 0 unspecified atom stereocenters. The Bertz CT molecular complexity index is 405. The fourth-order valence-electron chi connectivity index (χ4n) is 1.07. The van der Waals surface area contributed by atoms with Gasteiger partial charge in [-0.2, -0.15) is 0 Å². The number of nitrogens with zero attached hydrogens (tertiary/aromatic N) is 3. The number of carbonyl (C=O) groups excluding carboxylic acids is 1. The van der Waals surface area contributed by atoms with E-state index in [1.165, 1.54) is 0 Å². The maximum Gasteiger partial charge on any atom is 0.168 e. The first-order valence-corrected chi connectivity index (χ1v) is 4.77. The van der Waals surface area contributed by atoms with E-state index in [9.17, 15) is 4.79 Å². The molecule has 0 amide bonds. The number of rotatable bonds is 3. The van der Waals surface area contributed by atoms with Crippen LogP contribution in [0, 0.1) is 12.8 Å². The Morgan fingerprint density at radius 1 is 1.18 bits per heavy atom. The molecule has 2 aliphatic rings. The van der Waals surface area contributed by atoms with E-state index < -0.39 is 0 Å². The van der Waals surface area contributed by atoms with Crippen molar-refractivity contribution in [3.05, 3.63) is 71.4 Å². The number of azide groups is 1. The molecule has 0 heterocycles. The van der Waals surface area contributed by atoms with Gasteiger partial charge < -0.3 is 0 Å². The molecular weight excluding hydrogens is 258 g/mol. The molecule has 0 saturated heterocycles. The van der Waals surface area contributed by atoms with E-state index in [1.54, 1.807) is 24.6 Å². The summed E-state index contributed by atoms with van der Waals surface area (Å²) in [6.07, 6.45) is 16.9. The van der Waals surface area contributed by atoms with E-state index >= 15 is 0 Å². The molecule has 5 heteroatoms. The molecule has 0 aromatic heterocycles. The van der Waals surface area contributed by atoms with Gasteiger partial charge in [0.1, 0.15) is 0 Å². The van der Waals surface area contributed by atoms with E-state index in [1.807, 2.05) is 30.7 Å². The van der Waals surface area contributed by atoms with Gasteiger partial charge in [-0.05, 0) is 5.53 Å². The maximum absolute atomic E-state index is 11.0. The van der Waals surface area contributed by atoms with Crippen LogP contribution < -0.4 is 0 Å². The minimum atomic E-state index is -0.146. The van der Waals surface area contributed by atoms with E-state index in [4.69, 9.17) is 5.53 Å². The molecule has 88 valence electrons. The molecular formula is C12H11FeN3O. The molecule has 0 N–H and O–H groups in total. The molecule has 4 nitrogen and oxygen atoms in total. The van der Waals surface area contributed by atoms with Gasteiger partial charge in [-0.25, -0.2) is 0 Å². The van der Waals surface area contributed by atoms with Crippen LogP contribution >= 0.6 is 0 Å². The largest absolute Gasteiger partial charge is 0.294 e. The second kappa shape index (κ2) is 9.67. The van der Waals surface area contributed by atoms with Crippen molar-refractivity contribution in [2.45, 2.75) is 0 Å². The van der Waals surface area contributed by atoms with Gasteiger partial charge in [0.25, 0.3) is 0 Å². The number of allylic oxidation sites excluding steroid dienone is 7. The Morgan fingerprint density at radius 3 is 2.29 bits per heavy atom. The standard InChI is InChI=1S/C7H6N3O.C5H5.Fe/c8-10-9-5-7(11)6-3-1-2-4-6;1-2-4-5-3-1;/h1-4H,5H2;1-5H;. The normalized spacial score (nSPS) is 14.2. The number of ketones is 1. The monoisotopic (exact) mass is 269 g/mol. The maximum atomic E-state index is 11.0. The van der Waals surface area contributed by atoms with Crippen LogP contribution in [0.25, 0.3) is 10.4 Å². The van der Waals surface area contributed by atoms with Crippen LogP contribution in [0.15, 0.2) is 53.2 Å². The van der Waals surface area contributed by atoms with Crippen LogP contribution in [0.5, 0.6) is 0 Å². The molecule has 2 rings (SSSR count). The van der Waals surface area contributed by atoms with Crippen molar-refractivity contribution < 1.29 is 21.9 Å². The fourth-order valence-corrected chi connectivity index (χ4v) is 1.07. The first-order valence-electron chi connectivity index (χ1n) is 4.77. The van der Waals surface area contributed by atoms with Crippen molar-refractivity contribution in [2.24, 2.45) is 5.11 Å². The Labute approximate surface area is 111 Å². The predicted octanol–water partition coefficient (Wildman–Crippen LogP) is 2.88. The molecule has 0 saturated carbocycles. The summed E-state index contributed by atoms with van der Waals surface area (Å²) >= 11 is 0. The zero-order valence-electron chi connectivity index (χ0n) is 9.01. The topological polar surface area (TPSA) is 65.8 Å². The van der Waals surface area contributed by atoms with Gasteiger partial charge in [0.15, 0.2) is 5.78 Å². The second-order valence-electron chi connectivity index (χ2n) is 2.95. The average molecular weight is 269 g/mol. The van der Waals surface area contributed by atoms with Gasteiger partial charge in [0.05, 0.1) is 6.54 Å². The van der Waals surface area contributed by atoms with Gasteiger partial charge in [-0.15, -0.1) is 0 Å². The predicted molar refractivity (Wildman–Crippen MR) is 63.1 cm³/mol. The first-order chi connectivity index (χ1) is 7.84. The van der Waals surface area contributed by atoms with Crippen molar-refractivity contribution in [1.29, 1.82) is 0 Å². The Morgan fingerprint density at radius 2 is 1.88 bits per heavy atom. The smallest absolute Gasteiger partial charge is 0.168 e. The van der Waals surface area contributed by atoms with Crippen LogP contribution in [0.3, 0.4) is 0 Å². The van der Waals surface area contributed by atoms with Gasteiger partial charge in [-0.1, -0.05) is 47.6 Å². The first kappa shape index (κ1) is 15.5. The van der Waals surface area contributed by atoms with Gasteiger partial charge >= 0.3 is 0 Å². The molecule has 0 fully saturated rings. The van der Waals surface area contributed by atoms with E-state index in [-0.39, 0.29) is 29.4 Å². The molecule has 17 heavy (non-hydrogen) atoms. The zero-order chi connectivity index (χ0) is 11.6. The molecule has 0 atom stereocenters. The summed E-state index contributed by atoms with van der Waals surface area (Å²) in [5.74, 6) is -0.146. The quantitative estimate of drug-likeness (QED) is 0.336. The van der Waals surface area contributed by atoms with E-state index in [2.05, 4.69) is 10.0 Å². The van der Waals surface area contributed by atoms with Crippen molar-refractivity contribution >= 4 is 5.78 Å². The molecule has 2 radical (unpaired) electrons. The van der Waals surface area contributed by atoms with Crippen LogP contribution in [-0.2, 0) is 21.9 Å². The van der Waals surface area contributed by atoms with E-state index in [0.29, 0.717) is 5.57 Å². The molecule has 0 aromatic rings. The summed E-state index contributed by atoms with van der Waals surface area (Å²) in [6.45, 7) is -0.0967. The average Bonchev–Trinajstić information content (AvgIpc) is 2.98. The fraction of sp³-hybridized carbons (Fsp3) is 0.0833. The number of hydrogen-bond acceptors (Lipinski definition) is 2. The number of hydrogen-bond donors (Lipinski definition) is 0. The zero-order valence-corrected chi connectivity index (χ0v) is 10.1. The third-order valence-electron chi connectivity index (χ3n) is 1.82. The SMILES string of the molecule is [CH]1C=CC=C1.[Fe].[N-]=[N+]=NCC(=O)C1=C[CH]C=C1. The van der Waals surface area contributed by atoms with Crippen LogP contribution in [0.4, 0.5) is 0 Å². The third-order valence-corrected chi connectivity index (χ3v) is 1.82. The third kappa shape index (κ3) is 6.59. The van der Waals surface area contributed by atoms with Gasteiger partial charge in [0, 0.05) is 40.4 Å². The molecule has 0 aliphatic heterocycles. The minimum Gasteiger partial charge on any atom is -0.294 e. The summed E-state index contributed by atoms with van der Waals surface area (Å²) in [4.78, 5) is 13.5. The summed E-state index contributed by atoms with van der Waals surface area (Å²) in [5.41, 5.74) is 8.51. The van der Waals surface area contributed by atoms with Crippen molar-refractivity contribution in [3.63, 3.8) is 0 Å². The van der Waals surface area contributed by atoms with Crippen LogP contribution in [0.2, 0.25) is 0 Å². The molecule has 2 aliphatic carbocycles. The van der Waals surface area contributed by atoms with Crippen molar-refractivity contribution in [2.75, 3.05) is 6.54 Å². The Kier molecular flexibility index (Phi) is 8.79. The Hall–Kier alpha value is -1.54. The summed E-state index contributed by atoms with van der Waals surface area (Å²) in [6, 6.07) is 0. The van der Waals surface area contributed by atoms with Gasteiger partial charge in [-0.3, -0.25) is 4.79 Å². The van der Waals surface area contributed by atoms with Gasteiger partial charge in [0.2, 0.25) is 0 Å². The summed E-state index contributed by atoms with van der Waals surface area (Å²) < 4.78 is 0. The molecule has 0 aromatic carbocycles. The van der Waals surface area contributed by atoms with Crippen LogP contribution in [0.1, 0.15) is 0 Å². The molecule has 0 bridgehead atoms. The summed E-state index contributed by atoms with van der Waals surface area (Å²) in [7, 11) is 0. The number of Topliss-reactive ketones (excluding diaryl/α,β-unsaturated/α-hetero) is 1.